The summed E-state index contributed by atoms with van der Waals surface area (Å²) in [5, 5.41) is 4.69. The highest BCUT2D eigenvalue weighted by Gasteiger charge is 2.07. The Morgan fingerprint density at radius 3 is 2.64 bits per heavy atom. The summed E-state index contributed by atoms with van der Waals surface area (Å²) in [6.07, 6.45) is 1.18. The number of aromatic nitrogens is 2. The summed E-state index contributed by atoms with van der Waals surface area (Å²) in [7, 11) is 1.93. The van der Waals surface area contributed by atoms with E-state index in [1.54, 1.807) is 0 Å². The van der Waals surface area contributed by atoms with Gasteiger partial charge in [0.05, 0.1) is 5.69 Å². The van der Waals surface area contributed by atoms with E-state index in [9.17, 15) is 0 Å². The van der Waals surface area contributed by atoms with Crippen LogP contribution in [0.5, 0.6) is 0 Å². The third-order valence-electron chi connectivity index (χ3n) is 2.32. The smallest absolute Gasteiger partial charge is 0.151 e. The first-order chi connectivity index (χ1) is 6.67. The van der Waals surface area contributed by atoms with E-state index in [4.69, 9.17) is 11.6 Å². The van der Waals surface area contributed by atoms with Gasteiger partial charge in [-0.05, 0) is 25.6 Å². The van der Waals surface area contributed by atoms with Crippen molar-refractivity contribution >= 4 is 11.6 Å². The minimum atomic E-state index is 0.579. The zero-order valence-corrected chi connectivity index (χ0v) is 9.88. The lowest BCUT2D eigenvalue weighted by atomic mass is 10.3. The lowest BCUT2D eigenvalue weighted by Gasteiger charge is -2.19. The first-order valence-corrected chi connectivity index (χ1v) is 5.46. The first-order valence-electron chi connectivity index (χ1n) is 5.08. The first kappa shape index (κ1) is 11.5. The molecule has 0 aliphatic rings. The van der Waals surface area contributed by atoms with Gasteiger partial charge in [-0.15, -0.1) is 0 Å². The van der Waals surface area contributed by atoms with Crippen molar-refractivity contribution in [2.75, 3.05) is 13.1 Å². The van der Waals surface area contributed by atoms with Crippen LogP contribution in [0.3, 0.4) is 0 Å². The Balaban J connectivity index is 2.61. The van der Waals surface area contributed by atoms with Crippen LogP contribution in [-0.4, -0.2) is 27.8 Å². The molecule has 0 bridgehead atoms. The highest BCUT2D eigenvalue weighted by atomic mass is 35.5. The van der Waals surface area contributed by atoms with Gasteiger partial charge in [0.1, 0.15) is 0 Å². The highest BCUT2D eigenvalue weighted by Crippen LogP contribution is 2.10. The van der Waals surface area contributed by atoms with Crippen molar-refractivity contribution in [1.29, 1.82) is 0 Å². The van der Waals surface area contributed by atoms with Crippen LogP contribution in [0.15, 0.2) is 6.07 Å². The maximum atomic E-state index is 5.82. The van der Waals surface area contributed by atoms with Crippen molar-refractivity contribution in [3.8, 4) is 0 Å². The summed E-state index contributed by atoms with van der Waals surface area (Å²) in [6, 6.07) is 1.93. The number of aryl methyl sites for hydroxylation is 1. The summed E-state index contributed by atoms with van der Waals surface area (Å²) in [5.74, 6) is 0. The summed E-state index contributed by atoms with van der Waals surface area (Å²) in [4.78, 5) is 2.38. The zero-order valence-electron chi connectivity index (χ0n) is 9.13. The van der Waals surface area contributed by atoms with E-state index < -0.39 is 0 Å². The van der Waals surface area contributed by atoms with E-state index in [1.807, 2.05) is 17.8 Å². The molecule has 0 spiro atoms. The largest absolute Gasteiger partial charge is 0.298 e. The monoisotopic (exact) mass is 215 g/mol. The van der Waals surface area contributed by atoms with Gasteiger partial charge < -0.3 is 0 Å². The molecule has 1 rings (SSSR count). The number of halogens is 1. The molecule has 0 radical (unpaired) electrons. The van der Waals surface area contributed by atoms with Crippen LogP contribution in [0.2, 0.25) is 5.15 Å². The molecule has 80 valence electrons. The van der Waals surface area contributed by atoms with Gasteiger partial charge >= 0.3 is 0 Å². The highest BCUT2D eigenvalue weighted by molar-refractivity contribution is 6.29. The molecular weight excluding hydrogens is 198 g/mol. The van der Waals surface area contributed by atoms with Gasteiger partial charge in [-0.1, -0.05) is 25.4 Å². The fourth-order valence-corrected chi connectivity index (χ4v) is 1.75. The molecule has 14 heavy (non-hydrogen) atoms. The third-order valence-corrected chi connectivity index (χ3v) is 2.50. The van der Waals surface area contributed by atoms with Crippen LogP contribution >= 0.6 is 11.6 Å². The molecule has 0 aromatic carbocycles. The van der Waals surface area contributed by atoms with E-state index in [0.717, 1.165) is 19.6 Å². The maximum absolute atomic E-state index is 5.82. The van der Waals surface area contributed by atoms with E-state index in [2.05, 4.69) is 23.8 Å². The van der Waals surface area contributed by atoms with Crippen molar-refractivity contribution in [3.05, 3.63) is 16.9 Å². The van der Waals surface area contributed by atoms with Crippen molar-refractivity contribution < 1.29 is 0 Å². The van der Waals surface area contributed by atoms with Crippen LogP contribution in [0.1, 0.15) is 26.0 Å². The zero-order chi connectivity index (χ0) is 10.6. The lowest BCUT2D eigenvalue weighted by Crippen LogP contribution is -2.24. The molecule has 0 N–H and O–H groups in total. The van der Waals surface area contributed by atoms with Gasteiger partial charge in [0.15, 0.2) is 5.15 Å². The molecule has 0 atom stereocenters. The maximum Gasteiger partial charge on any atom is 0.151 e. The Labute approximate surface area is 90.7 Å². The summed E-state index contributed by atoms with van der Waals surface area (Å²) in [5.41, 5.74) is 1.17. The molecule has 1 aromatic heterocycles. The van der Waals surface area contributed by atoms with E-state index in [0.29, 0.717) is 5.15 Å². The molecule has 1 aromatic rings. The second-order valence-corrected chi connectivity index (χ2v) is 3.84. The Morgan fingerprint density at radius 2 is 2.21 bits per heavy atom. The predicted molar refractivity (Wildman–Crippen MR) is 59.5 cm³/mol. The Kier molecular flexibility index (Phi) is 4.42. The molecule has 0 aliphatic carbocycles. The lowest BCUT2D eigenvalue weighted by molar-refractivity contribution is 0.273. The van der Waals surface area contributed by atoms with Crippen LogP contribution in [-0.2, 0) is 13.6 Å². The third kappa shape index (κ3) is 3.00. The van der Waals surface area contributed by atoms with E-state index >= 15 is 0 Å². The van der Waals surface area contributed by atoms with Gasteiger partial charge in [-0.3, -0.25) is 9.58 Å². The normalized spacial score (nSPS) is 11.2. The number of nitrogens with zero attached hydrogens (tertiary/aromatic N) is 3. The molecule has 0 amide bonds. The Morgan fingerprint density at radius 1 is 1.50 bits per heavy atom. The summed E-state index contributed by atoms with van der Waals surface area (Å²) in [6.45, 7) is 7.49. The average molecular weight is 216 g/mol. The summed E-state index contributed by atoms with van der Waals surface area (Å²) >= 11 is 5.82. The molecule has 3 nitrogen and oxygen atoms in total. The van der Waals surface area contributed by atoms with Gasteiger partial charge in [-0.25, -0.2) is 0 Å². The molecule has 0 unspecified atom stereocenters. The molecular formula is C10H18ClN3. The van der Waals surface area contributed by atoms with Crippen LogP contribution in [0.25, 0.3) is 0 Å². The van der Waals surface area contributed by atoms with Crippen LogP contribution < -0.4 is 0 Å². The summed E-state index contributed by atoms with van der Waals surface area (Å²) < 4.78 is 1.85. The molecule has 1 heterocycles. The average Bonchev–Trinajstić information content (AvgIpc) is 2.44. The van der Waals surface area contributed by atoms with Gasteiger partial charge in [0.2, 0.25) is 0 Å². The van der Waals surface area contributed by atoms with Crippen LogP contribution in [0, 0.1) is 0 Å². The number of hydrogen-bond acceptors (Lipinski definition) is 2. The van der Waals surface area contributed by atoms with Crippen molar-refractivity contribution in [2.45, 2.75) is 26.8 Å². The second-order valence-electron chi connectivity index (χ2n) is 3.45. The van der Waals surface area contributed by atoms with E-state index in [1.165, 1.54) is 12.1 Å². The topological polar surface area (TPSA) is 21.1 Å². The van der Waals surface area contributed by atoms with Crippen molar-refractivity contribution in [3.63, 3.8) is 0 Å². The molecule has 0 saturated heterocycles. The van der Waals surface area contributed by atoms with Crippen LogP contribution in [0.4, 0.5) is 0 Å². The number of rotatable bonds is 5. The Hall–Kier alpha value is -0.540. The predicted octanol–water partition coefficient (Wildman–Crippen LogP) is 2.31. The van der Waals surface area contributed by atoms with Gasteiger partial charge in [-0.2, -0.15) is 5.10 Å². The molecule has 0 fully saturated rings. The quantitative estimate of drug-likeness (QED) is 0.752. The fraction of sp³-hybridized carbons (Fsp3) is 0.700. The van der Waals surface area contributed by atoms with Gasteiger partial charge in [0.25, 0.3) is 0 Å². The number of hydrogen-bond donors (Lipinski definition) is 0. The van der Waals surface area contributed by atoms with Crippen molar-refractivity contribution in [2.24, 2.45) is 7.05 Å². The van der Waals surface area contributed by atoms with Crippen molar-refractivity contribution in [1.82, 2.24) is 14.7 Å². The standard InChI is InChI=1S/C10H18ClN3/c1-4-6-14(5-2)8-9-7-10(11)12-13(9)3/h7H,4-6,8H2,1-3H3. The second kappa shape index (κ2) is 5.37. The molecule has 0 aliphatic heterocycles. The molecule has 4 heteroatoms. The minimum absolute atomic E-state index is 0.579. The fourth-order valence-electron chi connectivity index (χ4n) is 1.51. The molecule has 0 saturated carbocycles. The van der Waals surface area contributed by atoms with E-state index in [-0.39, 0.29) is 0 Å². The SMILES string of the molecule is CCCN(CC)Cc1cc(Cl)nn1C. The minimum Gasteiger partial charge on any atom is -0.298 e. The Bertz CT molecular complexity index is 283. The van der Waals surface area contributed by atoms with Gasteiger partial charge in [0, 0.05) is 13.6 Å².